The third-order valence-corrected chi connectivity index (χ3v) is 5.40. The summed E-state index contributed by atoms with van der Waals surface area (Å²) in [4.78, 5) is 14.4. The molecule has 2 atom stereocenters. The van der Waals surface area contributed by atoms with Crippen molar-refractivity contribution in [3.05, 3.63) is 0 Å². The number of hydrogen-bond donors (Lipinski definition) is 1. The third kappa shape index (κ3) is 4.36. The van der Waals surface area contributed by atoms with Crippen LogP contribution in [0.25, 0.3) is 0 Å². The van der Waals surface area contributed by atoms with E-state index in [1.807, 2.05) is 11.9 Å². The maximum Gasteiger partial charge on any atom is 0.222 e. The zero-order valence-corrected chi connectivity index (χ0v) is 14.0. The molecule has 20 heavy (non-hydrogen) atoms. The van der Waals surface area contributed by atoms with E-state index >= 15 is 0 Å². The number of amides is 1. The van der Waals surface area contributed by atoms with Crippen molar-refractivity contribution in [1.29, 1.82) is 0 Å². The van der Waals surface area contributed by atoms with Crippen LogP contribution in [0.4, 0.5) is 0 Å². The van der Waals surface area contributed by atoms with E-state index in [1.165, 1.54) is 19.3 Å². The molecule has 0 saturated heterocycles. The lowest BCUT2D eigenvalue weighted by molar-refractivity contribution is -0.134. The van der Waals surface area contributed by atoms with Crippen LogP contribution in [0.1, 0.15) is 65.2 Å². The van der Waals surface area contributed by atoms with Gasteiger partial charge in [-0.2, -0.15) is 0 Å². The van der Waals surface area contributed by atoms with Crippen molar-refractivity contribution in [2.24, 2.45) is 17.1 Å². The predicted molar refractivity (Wildman–Crippen MR) is 86.0 cm³/mol. The second kappa shape index (κ2) is 7.13. The Kier molecular flexibility index (Phi) is 6.33. The number of nitrogens with zero attached hydrogens (tertiary/aromatic N) is 1. The molecular weight excluding hydrogens is 272 g/mol. The molecule has 0 unspecified atom stereocenters. The topological polar surface area (TPSA) is 46.3 Å². The van der Waals surface area contributed by atoms with Crippen LogP contribution in [0.15, 0.2) is 0 Å². The minimum Gasteiger partial charge on any atom is -0.343 e. The molecule has 0 aromatic rings. The first-order chi connectivity index (χ1) is 8.89. The van der Waals surface area contributed by atoms with Gasteiger partial charge in [-0.15, -0.1) is 12.4 Å². The molecule has 0 radical (unpaired) electrons. The predicted octanol–water partition coefficient (Wildman–Crippen LogP) is 3.35. The Hall–Kier alpha value is -0.280. The van der Waals surface area contributed by atoms with Gasteiger partial charge in [-0.3, -0.25) is 4.79 Å². The highest BCUT2D eigenvalue weighted by atomic mass is 35.5. The molecule has 3 nitrogen and oxygen atoms in total. The quantitative estimate of drug-likeness (QED) is 0.869. The van der Waals surface area contributed by atoms with Crippen LogP contribution in [0.3, 0.4) is 0 Å². The van der Waals surface area contributed by atoms with E-state index in [0.29, 0.717) is 29.7 Å². The van der Waals surface area contributed by atoms with E-state index in [0.717, 1.165) is 25.7 Å². The van der Waals surface area contributed by atoms with E-state index in [4.69, 9.17) is 5.73 Å². The maximum absolute atomic E-state index is 12.4. The lowest BCUT2D eigenvalue weighted by Gasteiger charge is -2.39. The van der Waals surface area contributed by atoms with Gasteiger partial charge in [-0.1, -0.05) is 20.3 Å². The van der Waals surface area contributed by atoms with Gasteiger partial charge in [-0.25, -0.2) is 0 Å². The van der Waals surface area contributed by atoms with Crippen molar-refractivity contribution in [3.8, 4) is 0 Å². The van der Waals surface area contributed by atoms with E-state index in [2.05, 4.69) is 13.8 Å². The molecular formula is C16H31ClN2O. The second-order valence-electron chi connectivity index (χ2n) is 7.46. The largest absolute Gasteiger partial charge is 0.343 e. The molecule has 2 N–H and O–H groups in total. The number of nitrogens with two attached hydrogens (primary N) is 1. The van der Waals surface area contributed by atoms with Gasteiger partial charge in [0.1, 0.15) is 0 Å². The molecule has 0 bridgehead atoms. The fourth-order valence-corrected chi connectivity index (χ4v) is 3.66. The highest BCUT2D eigenvalue weighted by Gasteiger charge is 2.32. The van der Waals surface area contributed by atoms with Crippen LogP contribution in [0, 0.1) is 11.3 Å². The molecule has 0 heterocycles. The highest BCUT2D eigenvalue weighted by Crippen LogP contribution is 2.37. The SMILES string of the molecule is CN(C(=O)C[C@@H]1CCC[C@H]1N)C1CCC(C)(C)CC1.Cl. The Morgan fingerprint density at radius 1 is 1.20 bits per heavy atom. The molecule has 0 aliphatic heterocycles. The Balaban J connectivity index is 0.00000200. The van der Waals surface area contributed by atoms with Crippen LogP contribution in [0.2, 0.25) is 0 Å². The molecule has 2 aliphatic carbocycles. The average Bonchev–Trinajstić information content (AvgIpc) is 2.74. The van der Waals surface area contributed by atoms with Crippen LogP contribution in [0.5, 0.6) is 0 Å². The van der Waals surface area contributed by atoms with Gasteiger partial charge in [-0.05, 0) is 49.9 Å². The van der Waals surface area contributed by atoms with Gasteiger partial charge >= 0.3 is 0 Å². The first-order valence-electron chi connectivity index (χ1n) is 7.90. The number of carbonyl (C=O) groups excluding carboxylic acids is 1. The fraction of sp³-hybridized carbons (Fsp3) is 0.938. The molecule has 118 valence electrons. The Morgan fingerprint density at radius 2 is 1.80 bits per heavy atom. The highest BCUT2D eigenvalue weighted by molar-refractivity contribution is 5.85. The van der Waals surface area contributed by atoms with Crippen molar-refractivity contribution in [2.75, 3.05) is 7.05 Å². The van der Waals surface area contributed by atoms with Crippen molar-refractivity contribution < 1.29 is 4.79 Å². The van der Waals surface area contributed by atoms with Gasteiger partial charge in [0.05, 0.1) is 0 Å². The Morgan fingerprint density at radius 3 is 2.30 bits per heavy atom. The first-order valence-corrected chi connectivity index (χ1v) is 7.90. The molecule has 4 heteroatoms. The summed E-state index contributed by atoms with van der Waals surface area (Å²) in [7, 11) is 1.99. The molecule has 1 amide bonds. The summed E-state index contributed by atoms with van der Waals surface area (Å²) in [5, 5.41) is 0. The van der Waals surface area contributed by atoms with E-state index in [-0.39, 0.29) is 18.4 Å². The molecule has 2 aliphatic rings. The normalized spacial score (nSPS) is 29.8. The summed E-state index contributed by atoms with van der Waals surface area (Å²) in [6, 6.07) is 0.709. The molecule has 2 rings (SSSR count). The smallest absolute Gasteiger partial charge is 0.222 e. The summed E-state index contributed by atoms with van der Waals surface area (Å²) in [5.74, 6) is 0.738. The number of rotatable bonds is 3. The van der Waals surface area contributed by atoms with Crippen molar-refractivity contribution >= 4 is 18.3 Å². The maximum atomic E-state index is 12.4. The van der Waals surface area contributed by atoms with Crippen LogP contribution in [-0.2, 0) is 4.79 Å². The summed E-state index contributed by atoms with van der Waals surface area (Å²) < 4.78 is 0. The summed E-state index contributed by atoms with van der Waals surface area (Å²) >= 11 is 0. The Bertz CT molecular complexity index is 322. The number of hydrogen-bond acceptors (Lipinski definition) is 2. The number of halogens is 1. The molecule has 0 spiro atoms. The zero-order chi connectivity index (χ0) is 14.0. The number of carbonyl (C=O) groups is 1. The molecule has 0 aromatic carbocycles. The summed E-state index contributed by atoms with van der Waals surface area (Å²) in [6.07, 6.45) is 8.88. The summed E-state index contributed by atoms with van der Waals surface area (Å²) in [6.45, 7) is 4.67. The van der Waals surface area contributed by atoms with E-state index < -0.39 is 0 Å². The second-order valence-corrected chi connectivity index (χ2v) is 7.46. The monoisotopic (exact) mass is 302 g/mol. The minimum absolute atomic E-state index is 0. The Labute approximate surface area is 130 Å². The van der Waals surface area contributed by atoms with Crippen LogP contribution < -0.4 is 5.73 Å². The van der Waals surface area contributed by atoms with Crippen molar-refractivity contribution in [2.45, 2.75) is 77.3 Å². The van der Waals surface area contributed by atoms with Gasteiger partial charge in [0.25, 0.3) is 0 Å². The standard InChI is InChI=1S/C16H30N2O.ClH/c1-16(2)9-7-13(8-10-16)18(3)15(19)11-12-5-4-6-14(12)17;/h12-14H,4-11,17H2,1-3H3;1H/t12-,14+;/m0./s1. The lowest BCUT2D eigenvalue weighted by Crippen LogP contribution is -2.42. The summed E-state index contributed by atoms with van der Waals surface area (Å²) in [5.41, 5.74) is 6.54. The molecule has 2 saturated carbocycles. The van der Waals surface area contributed by atoms with Crippen LogP contribution in [-0.4, -0.2) is 29.9 Å². The van der Waals surface area contributed by atoms with E-state index in [9.17, 15) is 4.79 Å². The van der Waals surface area contributed by atoms with Gasteiger partial charge < -0.3 is 10.6 Å². The first kappa shape index (κ1) is 17.8. The zero-order valence-electron chi connectivity index (χ0n) is 13.2. The average molecular weight is 303 g/mol. The molecule has 0 aromatic heterocycles. The van der Waals surface area contributed by atoms with Gasteiger partial charge in [0, 0.05) is 25.6 Å². The molecule has 2 fully saturated rings. The third-order valence-electron chi connectivity index (χ3n) is 5.40. The van der Waals surface area contributed by atoms with E-state index in [1.54, 1.807) is 0 Å². The van der Waals surface area contributed by atoms with Crippen molar-refractivity contribution in [3.63, 3.8) is 0 Å². The van der Waals surface area contributed by atoms with Crippen LogP contribution >= 0.6 is 12.4 Å². The van der Waals surface area contributed by atoms with Crippen molar-refractivity contribution in [1.82, 2.24) is 4.90 Å². The minimum atomic E-state index is 0. The lowest BCUT2D eigenvalue weighted by atomic mass is 9.75. The fourth-order valence-electron chi connectivity index (χ4n) is 3.66. The van der Waals surface area contributed by atoms with Gasteiger partial charge in [0.15, 0.2) is 0 Å². The van der Waals surface area contributed by atoms with Gasteiger partial charge in [0.2, 0.25) is 5.91 Å².